The second kappa shape index (κ2) is 11.2. The van der Waals surface area contributed by atoms with Gasteiger partial charge in [0.25, 0.3) is 5.91 Å². The van der Waals surface area contributed by atoms with Crippen LogP contribution in [0.2, 0.25) is 0 Å². The summed E-state index contributed by atoms with van der Waals surface area (Å²) in [5.41, 5.74) is 1.45. The molecule has 2 heterocycles. The largest absolute Gasteiger partial charge is 0.462 e. The highest BCUT2D eigenvalue weighted by atomic mass is 32.1. The number of carbonyl (C=O) groups is 1. The summed E-state index contributed by atoms with van der Waals surface area (Å²) in [5, 5.41) is 10.9. The van der Waals surface area contributed by atoms with Crippen molar-refractivity contribution in [1.29, 1.82) is 0 Å². The number of aliphatic hydroxyl groups excluding tert-OH is 1. The number of carbonyl (C=O) groups excluding carboxylic acids is 1. The van der Waals surface area contributed by atoms with Crippen LogP contribution in [0.1, 0.15) is 23.5 Å². The number of ether oxygens (including phenoxy) is 2. The summed E-state index contributed by atoms with van der Waals surface area (Å²) in [7, 11) is 1.66. The van der Waals surface area contributed by atoms with Gasteiger partial charge in [0, 0.05) is 19.2 Å². The standard InChI is InChI=1S/C23H28N2O5S/c1-16(2)29-13-12-28-15-18(26)14-25(3)23(27)21-20(17-8-5-4-6-9-17)24-22(31-21)19-10-7-11-30-19/h4-11,16,18,26H,12-15H2,1-3H3. The predicted molar refractivity (Wildman–Crippen MR) is 120 cm³/mol. The molecule has 1 N–H and O–H groups in total. The van der Waals surface area contributed by atoms with Crippen LogP contribution in [0, 0.1) is 0 Å². The molecule has 3 aromatic rings. The van der Waals surface area contributed by atoms with Crippen LogP contribution in [0.15, 0.2) is 53.1 Å². The highest BCUT2D eigenvalue weighted by Gasteiger charge is 2.25. The molecule has 3 rings (SSSR count). The van der Waals surface area contributed by atoms with Gasteiger partial charge >= 0.3 is 0 Å². The zero-order valence-electron chi connectivity index (χ0n) is 18.0. The third-order valence-corrected chi connectivity index (χ3v) is 5.48. The van der Waals surface area contributed by atoms with E-state index < -0.39 is 6.10 Å². The van der Waals surface area contributed by atoms with E-state index in [1.54, 1.807) is 19.4 Å². The third-order valence-electron chi connectivity index (χ3n) is 4.42. The number of hydrogen-bond acceptors (Lipinski definition) is 7. The van der Waals surface area contributed by atoms with Crippen LogP contribution in [0.4, 0.5) is 0 Å². The maximum atomic E-state index is 13.2. The first-order valence-corrected chi connectivity index (χ1v) is 11.0. The molecule has 2 aromatic heterocycles. The molecule has 31 heavy (non-hydrogen) atoms. The predicted octanol–water partition coefficient (Wildman–Crippen LogP) is 3.94. The van der Waals surface area contributed by atoms with E-state index in [-0.39, 0.29) is 25.2 Å². The number of furan rings is 1. The van der Waals surface area contributed by atoms with Gasteiger partial charge in [-0.3, -0.25) is 4.79 Å². The Morgan fingerprint density at radius 3 is 2.65 bits per heavy atom. The molecule has 0 aliphatic carbocycles. The Bertz CT molecular complexity index is 940. The molecule has 0 spiro atoms. The normalized spacial score (nSPS) is 12.3. The number of rotatable bonds is 11. The molecule has 0 radical (unpaired) electrons. The number of hydrogen-bond donors (Lipinski definition) is 1. The lowest BCUT2D eigenvalue weighted by Gasteiger charge is -2.21. The quantitative estimate of drug-likeness (QED) is 0.451. The van der Waals surface area contributed by atoms with E-state index in [4.69, 9.17) is 13.9 Å². The molecule has 1 aromatic carbocycles. The van der Waals surface area contributed by atoms with Crippen molar-refractivity contribution >= 4 is 17.2 Å². The average Bonchev–Trinajstić information content (AvgIpc) is 3.43. The Kier molecular flexibility index (Phi) is 8.36. The summed E-state index contributed by atoms with van der Waals surface area (Å²) in [6.07, 6.45) is 0.918. The Morgan fingerprint density at radius 2 is 1.97 bits per heavy atom. The van der Waals surface area contributed by atoms with Crippen molar-refractivity contribution in [2.45, 2.75) is 26.1 Å². The molecule has 0 aliphatic rings. The van der Waals surface area contributed by atoms with Gasteiger partial charge in [-0.15, -0.1) is 11.3 Å². The maximum Gasteiger partial charge on any atom is 0.266 e. The minimum Gasteiger partial charge on any atom is -0.462 e. The molecule has 0 saturated carbocycles. The molecule has 0 bridgehead atoms. The highest BCUT2D eigenvalue weighted by molar-refractivity contribution is 7.17. The summed E-state index contributed by atoms with van der Waals surface area (Å²) >= 11 is 1.28. The summed E-state index contributed by atoms with van der Waals surface area (Å²) in [6.45, 7) is 5.05. The van der Waals surface area contributed by atoms with Gasteiger partial charge in [-0.1, -0.05) is 30.3 Å². The van der Waals surface area contributed by atoms with Crippen molar-refractivity contribution in [3.05, 3.63) is 53.6 Å². The Hall–Kier alpha value is -2.52. The van der Waals surface area contributed by atoms with Crippen LogP contribution < -0.4 is 0 Å². The SMILES string of the molecule is CC(C)OCCOCC(O)CN(C)C(=O)c1sc(-c2ccco2)nc1-c1ccccc1. The van der Waals surface area contributed by atoms with Gasteiger partial charge in [-0.2, -0.15) is 0 Å². The number of nitrogens with zero attached hydrogens (tertiary/aromatic N) is 2. The molecule has 0 saturated heterocycles. The molecule has 0 aliphatic heterocycles. The number of thiazole rings is 1. The lowest BCUT2D eigenvalue weighted by atomic mass is 10.1. The van der Waals surface area contributed by atoms with Crippen molar-refractivity contribution in [2.75, 3.05) is 33.4 Å². The molecule has 1 amide bonds. The second-order valence-corrected chi connectivity index (χ2v) is 8.37. The smallest absolute Gasteiger partial charge is 0.266 e. The van der Waals surface area contributed by atoms with Crippen LogP contribution in [0.25, 0.3) is 22.0 Å². The first-order chi connectivity index (χ1) is 15.0. The van der Waals surface area contributed by atoms with Crippen molar-refractivity contribution < 1.29 is 23.8 Å². The van der Waals surface area contributed by atoms with E-state index in [2.05, 4.69) is 4.98 Å². The van der Waals surface area contributed by atoms with Crippen molar-refractivity contribution in [2.24, 2.45) is 0 Å². The Labute approximate surface area is 186 Å². The fourth-order valence-electron chi connectivity index (χ4n) is 2.95. The molecule has 166 valence electrons. The molecule has 1 unspecified atom stereocenters. The van der Waals surface area contributed by atoms with Crippen LogP contribution >= 0.6 is 11.3 Å². The van der Waals surface area contributed by atoms with Crippen molar-refractivity contribution in [1.82, 2.24) is 9.88 Å². The molecule has 1 atom stereocenters. The molecule has 8 heteroatoms. The average molecular weight is 445 g/mol. The third kappa shape index (κ3) is 6.48. The number of amides is 1. The van der Waals surface area contributed by atoms with Gasteiger partial charge in [0.15, 0.2) is 10.8 Å². The summed E-state index contributed by atoms with van der Waals surface area (Å²) in [5.74, 6) is 0.400. The molecular weight excluding hydrogens is 416 g/mol. The first-order valence-electron chi connectivity index (χ1n) is 10.2. The lowest BCUT2D eigenvalue weighted by Crippen LogP contribution is -2.36. The van der Waals surface area contributed by atoms with Gasteiger partial charge in [0.1, 0.15) is 4.88 Å². The van der Waals surface area contributed by atoms with Crippen molar-refractivity contribution in [3.8, 4) is 22.0 Å². The number of benzene rings is 1. The number of likely N-dealkylation sites (N-methyl/N-ethyl adjacent to an activating group) is 1. The monoisotopic (exact) mass is 444 g/mol. The summed E-state index contributed by atoms with van der Waals surface area (Å²) in [6, 6.07) is 13.2. The van der Waals surface area contributed by atoms with E-state index in [0.29, 0.717) is 34.6 Å². The molecular formula is C23H28N2O5S. The summed E-state index contributed by atoms with van der Waals surface area (Å²) in [4.78, 5) is 19.9. The second-order valence-electron chi connectivity index (χ2n) is 7.37. The Balaban J connectivity index is 1.68. The van der Waals surface area contributed by atoms with Crippen LogP contribution in [0.5, 0.6) is 0 Å². The van der Waals surface area contributed by atoms with Gasteiger partial charge in [0.2, 0.25) is 0 Å². The highest BCUT2D eigenvalue weighted by Crippen LogP contribution is 2.34. The molecule has 0 fully saturated rings. The minimum absolute atomic E-state index is 0.130. The van der Waals surface area contributed by atoms with Gasteiger partial charge < -0.3 is 23.9 Å². The zero-order valence-corrected chi connectivity index (χ0v) is 18.8. The topological polar surface area (TPSA) is 85.0 Å². The van der Waals surface area contributed by atoms with Crippen LogP contribution in [-0.4, -0.2) is 66.5 Å². The van der Waals surface area contributed by atoms with E-state index in [0.717, 1.165) is 5.56 Å². The van der Waals surface area contributed by atoms with E-state index in [9.17, 15) is 9.90 Å². The minimum atomic E-state index is -0.800. The van der Waals surface area contributed by atoms with Crippen LogP contribution in [-0.2, 0) is 9.47 Å². The van der Waals surface area contributed by atoms with E-state index >= 15 is 0 Å². The zero-order chi connectivity index (χ0) is 22.2. The fourth-order valence-corrected chi connectivity index (χ4v) is 4.00. The van der Waals surface area contributed by atoms with Gasteiger partial charge in [-0.25, -0.2) is 4.98 Å². The van der Waals surface area contributed by atoms with Gasteiger partial charge in [-0.05, 0) is 26.0 Å². The maximum absolute atomic E-state index is 13.2. The number of aliphatic hydroxyl groups is 1. The molecule has 7 nitrogen and oxygen atoms in total. The lowest BCUT2D eigenvalue weighted by molar-refractivity contribution is -0.0159. The van der Waals surface area contributed by atoms with Crippen molar-refractivity contribution in [3.63, 3.8) is 0 Å². The van der Waals surface area contributed by atoms with E-state index in [1.165, 1.54) is 16.2 Å². The van der Waals surface area contributed by atoms with E-state index in [1.807, 2.05) is 50.2 Å². The van der Waals surface area contributed by atoms with Gasteiger partial charge in [0.05, 0.1) is 44.0 Å². The fraction of sp³-hybridized carbons (Fsp3) is 0.391. The van der Waals surface area contributed by atoms with Crippen LogP contribution in [0.3, 0.4) is 0 Å². The number of aromatic nitrogens is 1. The Morgan fingerprint density at radius 1 is 1.19 bits per heavy atom. The first kappa shape index (κ1) is 23.1. The summed E-state index contributed by atoms with van der Waals surface area (Å²) < 4.78 is 16.3.